The summed E-state index contributed by atoms with van der Waals surface area (Å²) in [6, 6.07) is 8.43. The lowest BCUT2D eigenvalue weighted by molar-refractivity contribution is -0.125. The summed E-state index contributed by atoms with van der Waals surface area (Å²) in [6.07, 6.45) is 7.44. The van der Waals surface area contributed by atoms with Crippen molar-refractivity contribution in [3.63, 3.8) is 0 Å². The van der Waals surface area contributed by atoms with Crippen molar-refractivity contribution in [3.05, 3.63) is 53.3 Å². The average Bonchev–Trinajstić information content (AvgIpc) is 3.44. The molecule has 0 aromatic heterocycles. The van der Waals surface area contributed by atoms with Crippen molar-refractivity contribution >= 4 is 23.7 Å². The molecule has 0 radical (unpaired) electrons. The number of likely N-dealkylation sites (N-methyl/N-ethyl adjacent to an activating group) is 1. The maximum absolute atomic E-state index is 12.6. The van der Waals surface area contributed by atoms with Crippen LogP contribution in [0.1, 0.15) is 25.3 Å². The molecule has 1 fully saturated rings. The van der Waals surface area contributed by atoms with Gasteiger partial charge in [-0.15, -0.1) is 0 Å². The number of aryl methyl sites for hydroxylation is 1. The van der Waals surface area contributed by atoms with Crippen LogP contribution in [0.4, 0.5) is 5.69 Å². The molecule has 3 rings (SSSR count). The fourth-order valence-corrected chi connectivity index (χ4v) is 4.87. The zero-order valence-corrected chi connectivity index (χ0v) is 20.8. The highest BCUT2D eigenvalue weighted by atomic mass is 16.2. The Morgan fingerprint density at radius 2 is 2.00 bits per heavy atom. The number of nitrogens with zero attached hydrogens (tertiary/aromatic N) is 4. The second kappa shape index (κ2) is 11.8. The smallest absolute Gasteiger partial charge is 0.246 e. The van der Waals surface area contributed by atoms with Crippen LogP contribution in [0.25, 0.3) is 0 Å². The highest BCUT2D eigenvalue weighted by molar-refractivity contribution is 6.06. The van der Waals surface area contributed by atoms with Gasteiger partial charge in [-0.1, -0.05) is 31.6 Å². The zero-order chi connectivity index (χ0) is 24.7. The van der Waals surface area contributed by atoms with Crippen LogP contribution >= 0.6 is 0 Å². The molecule has 2 aliphatic heterocycles. The maximum Gasteiger partial charge on any atom is 0.246 e. The minimum absolute atomic E-state index is 0.0167. The molecule has 0 aliphatic carbocycles. The van der Waals surface area contributed by atoms with E-state index >= 15 is 0 Å². The summed E-state index contributed by atoms with van der Waals surface area (Å²) < 4.78 is 0. The van der Waals surface area contributed by atoms with Gasteiger partial charge in [0.1, 0.15) is 6.29 Å². The first-order chi connectivity index (χ1) is 16.4. The van der Waals surface area contributed by atoms with Gasteiger partial charge in [0.05, 0.1) is 5.70 Å². The highest BCUT2D eigenvalue weighted by Crippen LogP contribution is 2.39. The number of nitrogens with two attached hydrogens (primary N) is 1. The number of carbonyl (C=O) groups excluding carboxylic acids is 2. The summed E-state index contributed by atoms with van der Waals surface area (Å²) >= 11 is 0. The molecular formula is C26H38N6O2. The average molecular weight is 467 g/mol. The molecule has 2 aliphatic rings. The number of likely N-dealkylation sites (tertiary alicyclic amines) is 1. The molecule has 0 saturated carbocycles. The molecule has 184 valence electrons. The zero-order valence-electron chi connectivity index (χ0n) is 20.8. The largest absolute Gasteiger partial charge is 0.381 e. The van der Waals surface area contributed by atoms with E-state index in [2.05, 4.69) is 46.6 Å². The number of hydrogen-bond acceptors (Lipinski definition) is 6. The van der Waals surface area contributed by atoms with Crippen molar-refractivity contribution < 1.29 is 9.59 Å². The fraction of sp³-hybridized carbons (Fsp3) is 0.500. The van der Waals surface area contributed by atoms with Gasteiger partial charge in [-0.2, -0.15) is 5.10 Å². The van der Waals surface area contributed by atoms with E-state index in [9.17, 15) is 9.59 Å². The first-order valence-corrected chi connectivity index (χ1v) is 12.1. The third-order valence-electron chi connectivity index (χ3n) is 6.55. The van der Waals surface area contributed by atoms with Gasteiger partial charge in [-0.05, 0) is 50.6 Å². The van der Waals surface area contributed by atoms with Crippen LogP contribution in [0.2, 0.25) is 0 Å². The first-order valence-electron chi connectivity index (χ1n) is 12.1. The summed E-state index contributed by atoms with van der Waals surface area (Å²) in [7, 11) is 5.63. The molecule has 2 unspecified atom stereocenters. The predicted octanol–water partition coefficient (Wildman–Crippen LogP) is 1.99. The Bertz CT molecular complexity index is 951. The quantitative estimate of drug-likeness (QED) is 0.180. The van der Waals surface area contributed by atoms with Crippen LogP contribution < -0.4 is 16.1 Å². The summed E-state index contributed by atoms with van der Waals surface area (Å²) in [5.41, 5.74) is 12.7. The Kier molecular flexibility index (Phi) is 8.87. The Hall–Kier alpha value is -3.13. The van der Waals surface area contributed by atoms with Crippen LogP contribution in [-0.4, -0.2) is 75.2 Å². The molecule has 34 heavy (non-hydrogen) atoms. The Morgan fingerprint density at radius 3 is 2.62 bits per heavy atom. The van der Waals surface area contributed by atoms with Crippen LogP contribution in [0.15, 0.2) is 52.8 Å². The standard InChI is InChI=1S/C26H38N6O2/c1-5-7-19-9-11-21(12-10-19)32-17-22(23(18-33)25(32)26(27)29-28-2)20-13-15-31(16-20)24(34)8-6-14-30(3)4/h6,8-12,18,20,22,28H,5,7,13-17H2,1-4H3,(H2,27,29)/b8-6+. The summed E-state index contributed by atoms with van der Waals surface area (Å²) in [6.45, 7) is 4.86. The number of carbonyl (C=O) groups is 2. The van der Waals surface area contributed by atoms with Gasteiger partial charge in [-0.25, -0.2) is 0 Å². The van der Waals surface area contributed by atoms with Crippen molar-refractivity contribution in [1.82, 2.24) is 15.2 Å². The number of anilines is 1. The molecule has 2 atom stereocenters. The number of amidine groups is 1. The van der Waals surface area contributed by atoms with Gasteiger partial charge in [0.15, 0.2) is 5.84 Å². The van der Waals surface area contributed by atoms with Gasteiger partial charge in [-0.3, -0.25) is 9.59 Å². The second-order valence-electron chi connectivity index (χ2n) is 9.27. The lowest BCUT2D eigenvalue weighted by Crippen LogP contribution is -2.32. The normalized spacial score (nSPS) is 21.3. The van der Waals surface area contributed by atoms with E-state index in [1.807, 2.05) is 30.0 Å². The van der Waals surface area contributed by atoms with Crippen LogP contribution in [0.5, 0.6) is 0 Å². The van der Waals surface area contributed by atoms with Crippen LogP contribution in [0.3, 0.4) is 0 Å². The number of hydrogen-bond donors (Lipinski definition) is 2. The number of benzene rings is 1. The van der Waals surface area contributed by atoms with Crippen molar-refractivity contribution in [3.8, 4) is 0 Å². The molecule has 1 amide bonds. The van der Waals surface area contributed by atoms with Gasteiger partial charge in [0.25, 0.3) is 0 Å². The van der Waals surface area contributed by atoms with E-state index in [0.29, 0.717) is 36.7 Å². The third-order valence-corrected chi connectivity index (χ3v) is 6.55. The Morgan fingerprint density at radius 1 is 1.26 bits per heavy atom. The van der Waals surface area contributed by atoms with Gasteiger partial charge >= 0.3 is 0 Å². The summed E-state index contributed by atoms with van der Waals surface area (Å²) in [5, 5.41) is 4.19. The number of aldehydes is 1. The van der Waals surface area contributed by atoms with Gasteiger partial charge < -0.3 is 25.9 Å². The third kappa shape index (κ3) is 5.86. The monoisotopic (exact) mass is 466 g/mol. The fourth-order valence-electron chi connectivity index (χ4n) is 4.87. The minimum atomic E-state index is -0.0167. The number of hydrazone groups is 1. The molecule has 8 nitrogen and oxygen atoms in total. The number of amides is 1. The predicted molar refractivity (Wildman–Crippen MR) is 137 cm³/mol. The van der Waals surface area contributed by atoms with Crippen LogP contribution in [-0.2, 0) is 16.0 Å². The molecule has 3 N–H and O–H groups in total. The SMILES string of the molecule is CCCc1ccc(N2CC(C3CCN(C(=O)/C=C/CN(C)C)C3)C(C=O)=C2/C(N)=N\NC)cc1. The van der Waals surface area contributed by atoms with Crippen molar-refractivity contribution in [2.75, 3.05) is 52.2 Å². The van der Waals surface area contributed by atoms with Crippen molar-refractivity contribution in [1.29, 1.82) is 0 Å². The molecule has 8 heteroatoms. The van der Waals surface area contributed by atoms with E-state index in [1.54, 1.807) is 13.1 Å². The Labute approximate surface area is 203 Å². The lowest BCUT2D eigenvalue weighted by Gasteiger charge is -2.25. The molecular weight excluding hydrogens is 428 g/mol. The summed E-state index contributed by atoms with van der Waals surface area (Å²) in [4.78, 5) is 31.0. The van der Waals surface area contributed by atoms with E-state index in [0.717, 1.165) is 37.8 Å². The van der Waals surface area contributed by atoms with Crippen molar-refractivity contribution in [2.45, 2.75) is 26.2 Å². The second-order valence-corrected chi connectivity index (χ2v) is 9.27. The van der Waals surface area contributed by atoms with E-state index < -0.39 is 0 Å². The molecule has 2 heterocycles. The lowest BCUT2D eigenvalue weighted by atomic mass is 9.86. The summed E-state index contributed by atoms with van der Waals surface area (Å²) in [5.74, 6) is 0.492. The van der Waals surface area contributed by atoms with Crippen LogP contribution in [0, 0.1) is 11.8 Å². The Balaban J connectivity index is 1.84. The van der Waals surface area contributed by atoms with Gasteiger partial charge in [0.2, 0.25) is 5.91 Å². The van der Waals surface area contributed by atoms with E-state index in [1.165, 1.54) is 5.56 Å². The van der Waals surface area contributed by atoms with E-state index in [-0.39, 0.29) is 17.7 Å². The topological polar surface area (TPSA) is 94.3 Å². The first kappa shape index (κ1) is 25.5. The minimum Gasteiger partial charge on any atom is -0.381 e. The van der Waals surface area contributed by atoms with Gasteiger partial charge in [0, 0.05) is 56.5 Å². The molecule has 1 aromatic rings. The molecule has 1 aromatic carbocycles. The molecule has 1 saturated heterocycles. The molecule has 0 spiro atoms. The maximum atomic E-state index is 12.6. The van der Waals surface area contributed by atoms with E-state index in [4.69, 9.17) is 5.73 Å². The van der Waals surface area contributed by atoms with Crippen molar-refractivity contribution in [2.24, 2.45) is 22.7 Å². The molecule has 0 bridgehead atoms. The number of rotatable bonds is 10. The number of nitrogens with one attached hydrogen (secondary N) is 1. The highest BCUT2D eigenvalue weighted by Gasteiger charge is 2.41.